The molecule has 2 aliphatic rings. The van der Waals surface area contributed by atoms with E-state index in [1.54, 1.807) is 0 Å². The lowest BCUT2D eigenvalue weighted by Gasteiger charge is -2.30. The summed E-state index contributed by atoms with van der Waals surface area (Å²) in [4.78, 5) is 16.0. The molecular weight excluding hydrogens is 769 g/mol. The minimum Gasteiger partial charge on any atom is -0.456 e. The van der Waals surface area contributed by atoms with E-state index in [1.807, 2.05) is 30.3 Å². The summed E-state index contributed by atoms with van der Waals surface area (Å²) < 4.78 is 8.90. The van der Waals surface area contributed by atoms with Gasteiger partial charge < -0.3 is 4.42 Å². The molecule has 3 aromatic heterocycles. The van der Waals surface area contributed by atoms with Crippen LogP contribution >= 0.6 is 0 Å². The highest BCUT2D eigenvalue weighted by Gasteiger charge is 2.52. The predicted molar refractivity (Wildman–Crippen MR) is 254 cm³/mol. The van der Waals surface area contributed by atoms with Gasteiger partial charge in [-0.25, -0.2) is 4.98 Å². The second-order valence-corrected chi connectivity index (χ2v) is 16.6. The Labute approximate surface area is 362 Å². The Bertz CT molecular complexity index is 3820. The molecule has 0 fully saturated rings. The monoisotopic (exact) mass is 802 g/mol. The van der Waals surface area contributed by atoms with Gasteiger partial charge in [-0.2, -0.15) is 9.97 Å². The van der Waals surface area contributed by atoms with Crippen molar-refractivity contribution in [1.29, 1.82) is 0 Å². The van der Waals surface area contributed by atoms with Crippen LogP contribution in [0.25, 0.3) is 106 Å². The standard InChI is InChI=1S/C58H34N4O/c1-3-16-35(17-4-1)38-24-15-29-50-52(38)44-31-30-37(34-51(44)63-50)56-59-55(36-18-5-2-6-19-36)60-57(61-56)62-49-28-14-10-22-41(49)42-32-33-48-53(54(42)62)43-23-9-13-27-47(43)58(48)45-25-11-7-20-39(45)40-21-8-12-26-46(40)58/h1-34H. The number of hydrogen-bond donors (Lipinski definition) is 0. The number of fused-ring (bicyclic) bond motifs is 17. The zero-order chi connectivity index (χ0) is 41.2. The van der Waals surface area contributed by atoms with Crippen LogP contribution in [0.2, 0.25) is 0 Å². The Kier molecular flexibility index (Phi) is 6.97. The lowest BCUT2D eigenvalue weighted by Crippen LogP contribution is -2.25. The van der Waals surface area contributed by atoms with Crippen LogP contribution < -0.4 is 0 Å². The average molecular weight is 803 g/mol. The molecule has 0 N–H and O–H groups in total. The van der Waals surface area contributed by atoms with Crippen molar-refractivity contribution in [3.8, 4) is 62.1 Å². The third kappa shape index (κ3) is 4.63. The lowest BCUT2D eigenvalue weighted by molar-refractivity contribution is 0.669. The molecule has 3 heterocycles. The minimum atomic E-state index is -0.490. The van der Waals surface area contributed by atoms with Crippen LogP contribution in [0.15, 0.2) is 211 Å². The van der Waals surface area contributed by atoms with Gasteiger partial charge in [0.25, 0.3) is 0 Å². The summed E-state index contributed by atoms with van der Waals surface area (Å²) >= 11 is 0. The van der Waals surface area contributed by atoms with Crippen molar-refractivity contribution >= 4 is 43.7 Å². The van der Waals surface area contributed by atoms with Crippen molar-refractivity contribution in [2.24, 2.45) is 0 Å². The maximum atomic E-state index is 6.61. The Hall–Kier alpha value is -8.41. The van der Waals surface area contributed by atoms with Crippen LogP contribution in [0.4, 0.5) is 0 Å². The van der Waals surface area contributed by atoms with Crippen LogP contribution in [-0.4, -0.2) is 19.5 Å². The molecule has 0 saturated heterocycles. The number of benzene rings is 9. The zero-order valence-corrected chi connectivity index (χ0v) is 33.8. The first-order valence-electron chi connectivity index (χ1n) is 21.4. The molecule has 63 heavy (non-hydrogen) atoms. The number of rotatable bonds is 4. The predicted octanol–water partition coefficient (Wildman–Crippen LogP) is 14.2. The fraction of sp³-hybridized carbons (Fsp3) is 0.0172. The summed E-state index contributed by atoms with van der Waals surface area (Å²) in [5.41, 5.74) is 17.4. The maximum Gasteiger partial charge on any atom is 0.238 e. The molecule has 0 saturated carbocycles. The van der Waals surface area contributed by atoms with Gasteiger partial charge in [-0.15, -0.1) is 0 Å². The smallest absolute Gasteiger partial charge is 0.238 e. The van der Waals surface area contributed by atoms with E-state index in [-0.39, 0.29) is 0 Å². The normalized spacial score (nSPS) is 13.2. The Balaban J connectivity index is 1.06. The lowest BCUT2D eigenvalue weighted by atomic mass is 9.70. The summed E-state index contributed by atoms with van der Waals surface area (Å²) in [6.45, 7) is 0. The Morgan fingerprint density at radius 2 is 0.968 bits per heavy atom. The third-order valence-electron chi connectivity index (χ3n) is 13.5. The largest absolute Gasteiger partial charge is 0.456 e. The molecular formula is C58H34N4O. The van der Waals surface area contributed by atoms with Crippen molar-refractivity contribution < 1.29 is 4.42 Å². The highest BCUT2D eigenvalue weighted by Crippen LogP contribution is 2.64. The second-order valence-electron chi connectivity index (χ2n) is 16.6. The fourth-order valence-electron chi connectivity index (χ4n) is 11.0. The summed E-state index contributed by atoms with van der Waals surface area (Å²) in [5, 5.41) is 4.43. The summed E-state index contributed by atoms with van der Waals surface area (Å²) in [6, 6.07) is 73.6. The quantitative estimate of drug-likeness (QED) is 0.178. The molecule has 0 atom stereocenters. The molecule has 9 aromatic carbocycles. The van der Waals surface area contributed by atoms with Crippen molar-refractivity contribution in [2.45, 2.75) is 5.41 Å². The average Bonchev–Trinajstić information content (AvgIpc) is 4.08. The van der Waals surface area contributed by atoms with Gasteiger partial charge in [-0.1, -0.05) is 182 Å². The molecule has 2 aliphatic carbocycles. The van der Waals surface area contributed by atoms with Crippen LogP contribution in [0.5, 0.6) is 0 Å². The van der Waals surface area contributed by atoms with Gasteiger partial charge in [-0.3, -0.25) is 4.57 Å². The molecule has 292 valence electrons. The maximum absolute atomic E-state index is 6.61. The van der Waals surface area contributed by atoms with E-state index in [0.717, 1.165) is 66.0 Å². The highest BCUT2D eigenvalue weighted by molar-refractivity contribution is 6.17. The van der Waals surface area contributed by atoms with Crippen molar-refractivity contribution in [2.75, 3.05) is 0 Å². The van der Waals surface area contributed by atoms with E-state index in [0.29, 0.717) is 17.6 Å². The van der Waals surface area contributed by atoms with Crippen molar-refractivity contribution in [1.82, 2.24) is 19.5 Å². The Morgan fingerprint density at radius 1 is 0.381 bits per heavy atom. The SMILES string of the molecule is c1ccc(-c2nc(-c3ccc4c(c3)oc3cccc(-c5ccccc5)c34)nc(-n3c4ccccc4c4ccc5c(c43)-c3ccccc3C53c4ccccc4-c4ccccc43)n2)cc1. The zero-order valence-electron chi connectivity index (χ0n) is 33.8. The topological polar surface area (TPSA) is 56.7 Å². The van der Waals surface area contributed by atoms with E-state index >= 15 is 0 Å². The summed E-state index contributed by atoms with van der Waals surface area (Å²) in [6.07, 6.45) is 0. The molecule has 0 aliphatic heterocycles. The van der Waals surface area contributed by atoms with E-state index < -0.39 is 5.41 Å². The van der Waals surface area contributed by atoms with Crippen LogP contribution in [0.3, 0.4) is 0 Å². The first-order valence-corrected chi connectivity index (χ1v) is 21.4. The van der Waals surface area contributed by atoms with Crippen LogP contribution in [0.1, 0.15) is 22.3 Å². The molecule has 5 heteroatoms. The fourth-order valence-corrected chi connectivity index (χ4v) is 11.0. The third-order valence-corrected chi connectivity index (χ3v) is 13.5. The van der Waals surface area contributed by atoms with Gasteiger partial charge in [0.15, 0.2) is 11.6 Å². The van der Waals surface area contributed by atoms with Gasteiger partial charge in [-0.05, 0) is 74.3 Å². The van der Waals surface area contributed by atoms with Crippen molar-refractivity contribution in [3.05, 3.63) is 229 Å². The number of furan rings is 1. The number of nitrogens with zero attached hydrogens (tertiary/aromatic N) is 4. The number of para-hydroxylation sites is 1. The molecule has 14 rings (SSSR count). The van der Waals surface area contributed by atoms with E-state index in [1.165, 1.54) is 44.5 Å². The number of hydrogen-bond acceptors (Lipinski definition) is 4. The molecule has 1 spiro atoms. The molecule has 5 nitrogen and oxygen atoms in total. The van der Waals surface area contributed by atoms with Gasteiger partial charge in [0.2, 0.25) is 5.95 Å². The van der Waals surface area contributed by atoms with Crippen LogP contribution in [0, 0.1) is 0 Å². The van der Waals surface area contributed by atoms with Gasteiger partial charge in [0.05, 0.1) is 16.4 Å². The second kappa shape index (κ2) is 12.8. The number of aromatic nitrogens is 4. The summed E-state index contributed by atoms with van der Waals surface area (Å²) in [7, 11) is 0. The molecule has 0 amide bonds. The molecule has 12 aromatic rings. The molecule has 0 bridgehead atoms. The highest BCUT2D eigenvalue weighted by atomic mass is 16.3. The first-order chi connectivity index (χ1) is 31.3. The van der Waals surface area contributed by atoms with E-state index in [4.69, 9.17) is 19.4 Å². The minimum absolute atomic E-state index is 0.490. The van der Waals surface area contributed by atoms with Crippen molar-refractivity contribution in [3.63, 3.8) is 0 Å². The van der Waals surface area contributed by atoms with Gasteiger partial charge in [0, 0.05) is 38.2 Å². The Morgan fingerprint density at radius 3 is 1.71 bits per heavy atom. The van der Waals surface area contributed by atoms with Crippen LogP contribution in [-0.2, 0) is 5.41 Å². The van der Waals surface area contributed by atoms with E-state index in [2.05, 4.69) is 180 Å². The molecule has 0 unspecified atom stereocenters. The van der Waals surface area contributed by atoms with Gasteiger partial charge >= 0.3 is 0 Å². The molecule has 0 radical (unpaired) electrons. The van der Waals surface area contributed by atoms with Gasteiger partial charge in [0.1, 0.15) is 11.2 Å². The van der Waals surface area contributed by atoms with E-state index in [9.17, 15) is 0 Å². The summed E-state index contributed by atoms with van der Waals surface area (Å²) in [5.74, 6) is 1.72. The first kappa shape index (κ1) is 34.3.